The number of nitrogens with zero attached hydrogens (tertiary/aromatic N) is 2. The normalized spacial score (nSPS) is 25.7. The molecule has 23 heavy (non-hydrogen) atoms. The van der Waals surface area contributed by atoms with Gasteiger partial charge in [0, 0.05) is 0 Å². The van der Waals surface area contributed by atoms with Crippen LogP contribution in [0.1, 0.15) is 27.7 Å². The SMILES string of the molecule is [B]C1([B])N(CC)C([B])([B])C([B])([B])N(C(=O)OC(C)(C)C)C1([B])[B]. The van der Waals surface area contributed by atoms with Gasteiger partial charge < -0.3 is 14.5 Å². The van der Waals surface area contributed by atoms with E-state index in [1.54, 1.807) is 27.7 Å². The van der Waals surface area contributed by atoms with Crippen molar-refractivity contribution in [2.24, 2.45) is 0 Å². The summed E-state index contributed by atoms with van der Waals surface area (Å²) in [6, 6.07) is 0. The van der Waals surface area contributed by atoms with Crippen molar-refractivity contribution in [1.29, 1.82) is 0 Å². The van der Waals surface area contributed by atoms with Gasteiger partial charge >= 0.3 is 6.09 Å². The van der Waals surface area contributed by atoms with Crippen LogP contribution in [-0.4, -0.2) is 112 Å². The second-order valence-electron chi connectivity index (χ2n) is 6.86. The lowest BCUT2D eigenvalue weighted by molar-refractivity contribution is -0.0394. The van der Waals surface area contributed by atoms with E-state index < -0.39 is 33.0 Å². The molecule has 0 aromatic heterocycles. The van der Waals surface area contributed by atoms with Crippen molar-refractivity contribution in [3.8, 4) is 0 Å². The molecular formula is C11H14B8N2O2. The number of hydrogen-bond donors (Lipinski definition) is 0. The molecule has 0 aromatic rings. The molecule has 1 fully saturated rings. The second-order valence-corrected chi connectivity index (χ2v) is 6.86. The standard InChI is InChI=1S/C11H14B8N2O2/c1-5-20-8(12,13)10(16,17)21(6(22)23-7(2,3)4)11(18,19)9(20,14)15/h5H2,1-4H3. The Labute approximate surface area is 149 Å². The quantitative estimate of drug-likeness (QED) is 0.502. The molecule has 1 rings (SSSR count). The highest BCUT2D eigenvalue weighted by atomic mass is 16.6. The van der Waals surface area contributed by atoms with Crippen LogP contribution < -0.4 is 0 Å². The van der Waals surface area contributed by atoms with Gasteiger partial charge in [0.2, 0.25) is 0 Å². The van der Waals surface area contributed by atoms with E-state index in [9.17, 15) is 4.79 Å². The largest absolute Gasteiger partial charge is 0.444 e. The van der Waals surface area contributed by atoms with Gasteiger partial charge in [-0.05, 0) is 48.7 Å². The number of carbonyl (C=O) groups is 1. The van der Waals surface area contributed by atoms with Crippen molar-refractivity contribution < 1.29 is 9.53 Å². The third kappa shape index (κ3) is 3.05. The fraction of sp³-hybridized carbons (Fsp3) is 0.909. The summed E-state index contributed by atoms with van der Waals surface area (Å²) in [6.07, 6.45) is -1.05. The van der Waals surface area contributed by atoms with Crippen LogP contribution in [0.2, 0.25) is 0 Å². The van der Waals surface area contributed by atoms with Gasteiger partial charge in [-0.15, -0.1) is 0 Å². The Balaban J connectivity index is 3.52. The van der Waals surface area contributed by atoms with Gasteiger partial charge in [0.1, 0.15) is 5.60 Å². The van der Waals surface area contributed by atoms with Gasteiger partial charge in [-0.1, -0.05) is 6.92 Å². The minimum absolute atomic E-state index is 0.120. The van der Waals surface area contributed by atoms with E-state index in [4.69, 9.17) is 67.5 Å². The Bertz CT molecular complexity index is 461. The fourth-order valence-corrected chi connectivity index (χ4v) is 2.54. The van der Waals surface area contributed by atoms with E-state index in [0.717, 1.165) is 4.90 Å². The average molecular weight is 293 g/mol. The van der Waals surface area contributed by atoms with E-state index in [-0.39, 0.29) is 6.54 Å². The number of rotatable bonds is 1. The minimum Gasteiger partial charge on any atom is -0.444 e. The summed E-state index contributed by atoms with van der Waals surface area (Å²) in [7, 11) is 48.2. The van der Waals surface area contributed by atoms with E-state index in [0.29, 0.717) is 4.90 Å². The molecule has 0 spiro atoms. The lowest BCUT2D eigenvalue weighted by Crippen LogP contribution is -2.92. The first-order valence-corrected chi connectivity index (χ1v) is 7.06. The first-order valence-electron chi connectivity index (χ1n) is 7.06. The number of hydrogen-bond acceptors (Lipinski definition) is 3. The van der Waals surface area contributed by atoms with Crippen molar-refractivity contribution in [3.05, 3.63) is 0 Å². The zero-order chi connectivity index (χ0) is 18.6. The van der Waals surface area contributed by atoms with Crippen LogP contribution in [0, 0.1) is 0 Å². The summed E-state index contributed by atoms with van der Waals surface area (Å²) in [4.78, 5) is 14.3. The summed E-state index contributed by atoms with van der Waals surface area (Å²) in [6.45, 7) is 6.67. The molecule has 0 unspecified atom stereocenters. The van der Waals surface area contributed by atoms with Crippen molar-refractivity contribution in [1.82, 2.24) is 9.80 Å². The maximum Gasteiger partial charge on any atom is 0.408 e. The van der Waals surface area contributed by atoms with Crippen LogP contribution in [0.25, 0.3) is 0 Å². The Morgan fingerprint density at radius 2 is 1.22 bits per heavy atom. The van der Waals surface area contributed by atoms with Crippen molar-refractivity contribution in [2.45, 2.75) is 54.6 Å². The topological polar surface area (TPSA) is 32.8 Å². The summed E-state index contributed by atoms with van der Waals surface area (Å²) in [5.74, 6) is 0. The maximum absolute atomic E-state index is 12.6. The van der Waals surface area contributed by atoms with E-state index >= 15 is 0 Å². The third-order valence-electron chi connectivity index (χ3n) is 3.81. The molecule has 4 nitrogen and oxygen atoms in total. The summed E-state index contributed by atoms with van der Waals surface area (Å²) < 4.78 is 5.23. The molecule has 1 saturated heterocycles. The van der Waals surface area contributed by atoms with E-state index in [2.05, 4.69) is 0 Å². The predicted octanol–water partition coefficient (Wildman–Crippen LogP) is -2.48. The minimum atomic E-state index is -2.23. The van der Waals surface area contributed by atoms with Gasteiger partial charge in [0.05, 0.1) is 62.8 Å². The van der Waals surface area contributed by atoms with Crippen molar-refractivity contribution >= 4 is 68.9 Å². The molecule has 0 aliphatic carbocycles. The summed E-state index contributed by atoms with van der Waals surface area (Å²) in [5.41, 5.74) is -0.886. The number of amides is 1. The highest BCUT2D eigenvalue weighted by molar-refractivity contribution is 6.60. The molecule has 1 amide bonds. The van der Waals surface area contributed by atoms with Gasteiger partial charge in [-0.25, -0.2) is 4.79 Å². The smallest absolute Gasteiger partial charge is 0.408 e. The summed E-state index contributed by atoms with van der Waals surface area (Å²) >= 11 is 0. The zero-order valence-electron chi connectivity index (χ0n) is 14.0. The summed E-state index contributed by atoms with van der Waals surface area (Å²) in [5, 5.41) is -8.52. The van der Waals surface area contributed by atoms with Crippen LogP contribution in [-0.2, 0) is 4.74 Å². The van der Waals surface area contributed by atoms with Gasteiger partial charge in [-0.3, -0.25) is 0 Å². The molecule has 0 atom stereocenters. The van der Waals surface area contributed by atoms with Crippen molar-refractivity contribution in [2.75, 3.05) is 6.54 Å². The van der Waals surface area contributed by atoms with Crippen LogP contribution in [0.3, 0.4) is 0 Å². The Morgan fingerprint density at radius 1 is 0.870 bits per heavy atom. The first kappa shape index (κ1) is 20.8. The van der Waals surface area contributed by atoms with Crippen molar-refractivity contribution in [3.63, 3.8) is 0 Å². The molecule has 16 radical (unpaired) electrons. The molecular weight excluding hydrogens is 279 g/mol. The van der Waals surface area contributed by atoms with Crippen LogP contribution in [0.4, 0.5) is 4.79 Å². The number of likely N-dealkylation sites (N-methyl/N-ethyl adjacent to an activating group) is 1. The first-order chi connectivity index (χ1) is 9.94. The predicted molar refractivity (Wildman–Crippen MR) is 97.4 cm³/mol. The molecule has 1 heterocycles. The molecule has 1 aliphatic rings. The zero-order valence-corrected chi connectivity index (χ0v) is 14.0. The molecule has 104 valence electrons. The Morgan fingerprint density at radius 3 is 1.48 bits per heavy atom. The molecule has 0 saturated carbocycles. The van der Waals surface area contributed by atoms with Gasteiger partial charge in [0.25, 0.3) is 0 Å². The average Bonchev–Trinajstić information content (AvgIpc) is 2.23. The van der Waals surface area contributed by atoms with Crippen LogP contribution in [0.5, 0.6) is 0 Å². The maximum atomic E-state index is 12.6. The highest BCUT2D eigenvalue weighted by Crippen LogP contribution is 2.42. The third-order valence-corrected chi connectivity index (χ3v) is 3.81. The molecule has 0 bridgehead atoms. The fourth-order valence-electron chi connectivity index (χ4n) is 2.54. The van der Waals surface area contributed by atoms with E-state index in [1.807, 2.05) is 0 Å². The number of carbonyl (C=O) groups excluding carboxylic acids is 1. The number of piperazine rings is 1. The van der Waals surface area contributed by atoms with Crippen LogP contribution in [0.15, 0.2) is 0 Å². The molecule has 0 N–H and O–H groups in total. The molecule has 0 aromatic carbocycles. The van der Waals surface area contributed by atoms with Gasteiger partial charge in [-0.2, -0.15) is 0 Å². The molecule has 1 aliphatic heterocycles. The van der Waals surface area contributed by atoms with Crippen LogP contribution >= 0.6 is 0 Å². The van der Waals surface area contributed by atoms with E-state index in [1.165, 1.54) is 0 Å². The second kappa shape index (κ2) is 5.64. The lowest BCUT2D eigenvalue weighted by atomic mass is 9.26. The Kier molecular flexibility index (Phi) is 5.10. The van der Waals surface area contributed by atoms with Gasteiger partial charge in [0.15, 0.2) is 0 Å². The monoisotopic (exact) mass is 294 g/mol. The molecule has 12 heteroatoms. The highest BCUT2D eigenvalue weighted by Gasteiger charge is 2.61. The number of ether oxygens (including phenoxy) is 1. The Hall–Kier alpha value is -0.251. The lowest BCUT2D eigenvalue weighted by Gasteiger charge is -2.74.